The fraction of sp³-hybridized carbons (Fsp3) is 0.182. The minimum absolute atomic E-state index is 0.224. The molecule has 0 spiro atoms. The molecular formula is C11H12N2O. The molecule has 0 aliphatic carbocycles. The Morgan fingerprint density at radius 3 is 2.57 bits per heavy atom. The van der Waals surface area contributed by atoms with Crippen LogP contribution in [0.15, 0.2) is 30.5 Å². The zero-order valence-corrected chi connectivity index (χ0v) is 8.23. The number of hydrogen-bond donors (Lipinski definition) is 1. The van der Waals surface area contributed by atoms with Crippen LogP contribution in [0.25, 0.3) is 11.3 Å². The molecule has 1 heterocycles. The van der Waals surface area contributed by atoms with Gasteiger partial charge in [0.15, 0.2) is 5.75 Å². The molecule has 3 nitrogen and oxygen atoms in total. The second-order valence-electron chi connectivity index (χ2n) is 3.32. The molecule has 1 aromatic heterocycles. The Bertz CT molecular complexity index is 441. The third-order valence-corrected chi connectivity index (χ3v) is 2.32. The summed E-state index contributed by atoms with van der Waals surface area (Å²) in [6, 6.07) is 7.93. The molecule has 1 aromatic carbocycles. The Hall–Kier alpha value is -1.77. The number of aromatic nitrogens is 2. The van der Waals surface area contributed by atoms with E-state index < -0.39 is 0 Å². The number of nitrogens with zero attached hydrogens (tertiary/aromatic N) is 2. The van der Waals surface area contributed by atoms with Gasteiger partial charge in [0.25, 0.3) is 0 Å². The van der Waals surface area contributed by atoms with Gasteiger partial charge in [-0.25, -0.2) is 0 Å². The molecule has 2 aromatic rings. The molecule has 0 unspecified atom stereocenters. The topological polar surface area (TPSA) is 38.1 Å². The van der Waals surface area contributed by atoms with Crippen molar-refractivity contribution in [2.75, 3.05) is 0 Å². The monoisotopic (exact) mass is 188 g/mol. The van der Waals surface area contributed by atoms with Gasteiger partial charge in [-0.2, -0.15) is 5.10 Å². The first-order valence-electron chi connectivity index (χ1n) is 4.47. The number of aryl methyl sites for hydroxylation is 2. The van der Waals surface area contributed by atoms with Gasteiger partial charge in [-0.3, -0.25) is 4.68 Å². The summed E-state index contributed by atoms with van der Waals surface area (Å²) < 4.78 is 1.68. The quantitative estimate of drug-likeness (QED) is 0.744. The highest BCUT2D eigenvalue weighted by atomic mass is 16.3. The van der Waals surface area contributed by atoms with Gasteiger partial charge < -0.3 is 5.11 Å². The van der Waals surface area contributed by atoms with Crippen LogP contribution in [-0.2, 0) is 7.05 Å². The zero-order chi connectivity index (χ0) is 10.1. The van der Waals surface area contributed by atoms with Crippen LogP contribution in [0.2, 0.25) is 0 Å². The van der Waals surface area contributed by atoms with Gasteiger partial charge >= 0.3 is 0 Å². The first-order chi connectivity index (χ1) is 6.70. The van der Waals surface area contributed by atoms with Crippen molar-refractivity contribution in [3.05, 3.63) is 36.0 Å². The van der Waals surface area contributed by atoms with Crippen LogP contribution in [0.3, 0.4) is 0 Å². The molecule has 14 heavy (non-hydrogen) atoms. The SMILES string of the molecule is Cc1ccccc1-c1c(O)cnn1C. The van der Waals surface area contributed by atoms with Gasteiger partial charge in [0.05, 0.1) is 6.20 Å². The lowest BCUT2D eigenvalue weighted by Gasteiger charge is -2.05. The highest BCUT2D eigenvalue weighted by molar-refractivity contribution is 5.69. The molecule has 72 valence electrons. The summed E-state index contributed by atoms with van der Waals surface area (Å²) in [4.78, 5) is 0. The van der Waals surface area contributed by atoms with Crippen molar-refractivity contribution < 1.29 is 5.11 Å². The molecule has 0 aliphatic rings. The van der Waals surface area contributed by atoms with E-state index in [2.05, 4.69) is 5.10 Å². The smallest absolute Gasteiger partial charge is 0.161 e. The zero-order valence-electron chi connectivity index (χ0n) is 8.23. The fourth-order valence-electron chi connectivity index (χ4n) is 1.58. The second-order valence-corrected chi connectivity index (χ2v) is 3.32. The van der Waals surface area contributed by atoms with Crippen molar-refractivity contribution in [3.63, 3.8) is 0 Å². The fourth-order valence-corrected chi connectivity index (χ4v) is 1.58. The third kappa shape index (κ3) is 1.27. The minimum Gasteiger partial charge on any atom is -0.504 e. The highest BCUT2D eigenvalue weighted by Crippen LogP contribution is 2.30. The molecule has 1 N–H and O–H groups in total. The van der Waals surface area contributed by atoms with Gasteiger partial charge in [-0.1, -0.05) is 24.3 Å². The summed E-state index contributed by atoms with van der Waals surface area (Å²) in [7, 11) is 1.82. The number of rotatable bonds is 1. The molecule has 0 saturated heterocycles. The van der Waals surface area contributed by atoms with Crippen molar-refractivity contribution in [2.24, 2.45) is 7.05 Å². The molecule has 0 saturated carbocycles. The summed E-state index contributed by atoms with van der Waals surface area (Å²) in [6.45, 7) is 2.02. The Kier molecular flexibility index (Phi) is 2.00. The van der Waals surface area contributed by atoms with E-state index in [9.17, 15) is 5.11 Å². The van der Waals surface area contributed by atoms with E-state index >= 15 is 0 Å². The summed E-state index contributed by atoms with van der Waals surface area (Å²) in [5.41, 5.74) is 2.92. The molecular weight excluding hydrogens is 176 g/mol. The average Bonchev–Trinajstić information content (AvgIpc) is 2.48. The standard InChI is InChI=1S/C11H12N2O/c1-8-5-3-4-6-9(8)11-10(14)7-12-13(11)2/h3-7,14H,1-2H3. The molecule has 0 amide bonds. The summed E-state index contributed by atoms with van der Waals surface area (Å²) in [6.07, 6.45) is 1.46. The van der Waals surface area contributed by atoms with E-state index in [1.807, 2.05) is 38.2 Å². The van der Waals surface area contributed by atoms with Gasteiger partial charge in [0.1, 0.15) is 5.69 Å². The number of aromatic hydroxyl groups is 1. The first-order valence-corrected chi connectivity index (χ1v) is 4.47. The summed E-state index contributed by atoms with van der Waals surface area (Å²) >= 11 is 0. The maximum Gasteiger partial charge on any atom is 0.161 e. The second kappa shape index (κ2) is 3.18. The van der Waals surface area contributed by atoms with Crippen LogP contribution < -0.4 is 0 Å². The third-order valence-electron chi connectivity index (χ3n) is 2.32. The van der Waals surface area contributed by atoms with Crippen LogP contribution >= 0.6 is 0 Å². The molecule has 0 aliphatic heterocycles. The lowest BCUT2D eigenvalue weighted by molar-refractivity contribution is 0.477. The van der Waals surface area contributed by atoms with Crippen LogP contribution in [0, 0.1) is 6.92 Å². The predicted molar refractivity (Wildman–Crippen MR) is 55.0 cm³/mol. The Labute approximate surface area is 82.6 Å². The van der Waals surface area contributed by atoms with E-state index in [0.29, 0.717) is 0 Å². The summed E-state index contributed by atoms with van der Waals surface area (Å²) in [5.74, 6) is 0.224. The van der Waals surface area contributed by atoms with E-state index in [-0.39, 0.29) is 5.75 Å². The minimum atomic E-state index is 0.224. The molecule has 0 fully saturated rings. The van der Waals surface area contributed by atoms with Gasteiger partial charge in [-0.15, -0.1) is 0 Å². The normalized spacial score (nSPS) is 10.4. The van der Waals surface area contributed by atoms with Crippen LogP contribution in [-0.4, -0.2) is 14.9 Å². The van der Waals surface area contributed by atoms with Crippen molar-refractivity contribution in [1.82, 2.24) is 9.78 Å². The molecule has 0 atom stereocenters. The van der Waals surface area contributed by atoms with Crippen LogP contribution in [0.1, 0.15) is 5.56 Å². The van der Waals surface area contributed by atoms with E-state index in [4.69, 9.17) is 0 Å². The van der Waals surface area contributed by atoms with Crippen molar-refractivity contribution in [1.29, 1.82) is 0 Å². The van der Waals surface area contributed by atoms with Gasteiger partial charge in [0.2, 0.25) is 0 Å². The molecule has 0 bridgehead atoms. The largest absolute Gasteiger partial charge is 0.504 e. The Balaban J connectivity index is 2.66. The lowest BCUT2D eigenvalue weighted by atomic mass is 10.1. The van der Waals surface area contributed by atoms with Crippen LogP contribution in [0.5, 0.6) is 5.75 Å². The van der Waals surface area contributed by atoms with Crippen LogP contribution in [0.4, 0.5) is 0 Å². The highest BCUT2D eigenvalue weighted by Gasteiger charge is 2.10. The molecule has 2 rings (SSSR count). The van der Waals surface area contributed by atoms with Crippen molar-refractivity contribution >= 4 is 0 Å². The van der Waals surface area contributed by atoms with Crippen molar-refractivity contribution in [3.8, 4) is 17.0 Å². The molecule has 0 radical (unpaired) electrons. The maximum atomic E-state index is 9.63. The lowest BCUT2D eigenvalue weighted by Crippen LogP contribution is -1.94. The van der Waals surface area contributed by atoms with E-state index in [0.717, 1.165) is 16.8 Å². The Morgan fingerprint density at radius 1 is 1.29 bits per heavy atom. The Morgan fingerprint density at radius 2 is 2.00 bits per heavy atom. The van der Waals surface area contributed by atoms with E-state index in [1.54, 1.807) is 4.68 Å². The van der Waals surface area contributed by atoms with Gasteiger partial charge in [0, 0.05) is 12.6 Å². The number of benzene rings is 1. The maximum absolute atomic E-state index is 9.63. The van der Waals surface area contributed by atoms with E-state index in [1.165, 1.54) is 6.20 Å². The first kappa shape index (κ1) is 8.81. The predicted octanol–water partition coefficient (Wildman–Crippen LogP) is 2.10. The number of hydrogen-bond acceptors (Lipinski definition) is 2. The van der Waals surface area contributed by atoms with Crippen molar-refractivity contribution in [2.45, 2.75) is 6.92 Å². The average molecular weight is 188 g/mol. The summed E-state index contributed by atoms with van der Waals surface area (Å²) in [5, 5.41) is 13.6. The molecule has 3 heteroatoms. The van der Waals surface area contributed by atoms with Gasteiger partial charge in [-0.05, 0) is 12.5 Å².